The molecule has 0 saturated carbocycles. The lowest BCUT2D eigenvalue weighted by atomic mass is 10.0. The average Bonchev–Trinajstić information content (AvgIpc) is 2.05. The highest BCUT2D eigenvalue weighted by molar-refractivity contribution is 9.10. The monoisotopic (exact) mass is 224 g/mol. The van der Waals surface area contributed by atoms with Crippen LogP contribution in [0.1, 0.15) is 24.8 Å². The topological polar surface area (TPSA) is 36.7 Å². The summed E-state index contributed by atoms with van der Waals surface area (Å²) in [5.41, 5.74) is 1.10. The van der Waals surface area contributed by atoms with Crippen molar-refractivity contribution in [1.29, 1.82) is 5.26 Å². The quantitative estimate of drug-likeness (QED) is 0.775. The molecule has 0 aromatic carbocycles. The van der Waals surface area contributed by atoms with Gasteiger partial charge in [-0.15, -0.1) is 0 Å². The molecule has 0 aliphatic heterocycles. The molecule has 0 radical (unpaired) electrons. The van der Waals surface area contributed by atoms with E-state index >= 15 is 0 Å². The number of hydrogen-bond donors (Lipinski definition) is 0. The fourth-order valence-corrected chi connectivity index (χ4v) is 1.34. The Hall–Kier alpha value is -0.880. The summed E-state index contributed by atoms with van der Waals surface area (Å²) in [6.07, 6.45) is 4.08. The number of rotatable bonds is 2. The Bertz CT molecular complexity index is 304. The highest BCUT2D eigenvalue weighted by atomic mass is 79.9. The SMILES string of the molecule is CC(CC#N)c1cncc(Br)c1. The van der Waals surface area contributed by atoms with E-state index in [9.17, 15) is 0 Å². The van der Waals surface area contributed by atoms with Gasteiger partial charge in [0.25, 0.3) is 0 Å². The van der Waals surface area contributed by atoms with Gasteiger partial charge >= 0.3 is 0 Å². The molecular weight excluding hydrogens is 216 g/mol. The van der Waals surface area contributed by atoms with E-state index in [0.29, 0.717) is 6.42 Å². The Morgan fingerprint density at radius 1 is 1.67 bits per heavy atom. The lowest BCUT2D eigenvalue weighted by molar-refractivity contribution is 0.782. The first-order chi connectivity index (χ1) is 5.74. The highest BCUT2D eigenvalue weighted by Crippen LogP contribution is 2.20. The molecule has 62 valence electrons. The third-order valence-electron chi connectivity index (χ3n) is 1.69. The number of nitriles is 1. The van der Waals surface area contributed by atoms with Crippen LogP contribution >= 0.6 is 15.9 Å². The van der Waals surface area contributed by atoms with Gasteiger partial charge in [-0.1, -0.05) is 6.92 Å². The smallest absolute Gasteiger partial charge is 0.0628 e. The number of nitrogens with zero attached hydrogens (tertiary/aromatic N) is 2. The molecular formula is C9H9BrN2. The van der Waals surface area contributed by atoms with Crippen molar-refractivity contribution in [3.05, 3.63) is 28.5 Å². The van der Waals surface area contributed by atoms with Gasteiger partial charge in [0.05, 0.1) is 6.07 Å². The Morgan fingerprint density at radius 3 is 3.00 bits per heavy atom. The Balaban J connectivity index is 2.82. The fourth-order valence-electron chi connectivity index (χ4n) is 0.953. The number of aromatic nitrogens is 1. The van der Waals surface area contributed by atoms with E-state index in [4.69, 9.17) is 5.26 Å². The lowest BCUT2D eigenvalue weighted by Crippen LogP contribution is -1.92. The third-order valence-corrected chi connectivity index (χ3v) is 2.13. The largest absolute Gasteiger partial charge is 0.263 e. The van der Waals surface area contributed by atoms with E-state index in [2.05, 4.69) is 27.0 Å². The molecule has 0 spiro atoms. The number of halogens is 1. The van der Waals surface area contributed by atoms with Crippen LogP contribution in [0.4, 0.5) is 0 Å². The first kappa shape index (κ1) is 9.21. The summed E-state index contributed by atoms with van der Waals surface area (Å²) in [6, 6.07) is 4.14. The van der Waals surface area contributed by atoms with Crippen LogP contribution in [-0.4, -0.2) is 4.98 Å². The van der Waals surface area contributed by atoms with Gasteiger partial charge < -0.3 is 0 Å². The molecule has 12 heavy (non-hydrogen) atoms. The average molecular weight is 225 g/mol. The molecule has 1 atom stereocenters. The van der Waals surface area contributed by atoms with Gasteiger partial charge in [-0.2, -0.15) is 5.26 Å². The second-order valence-electron chi connectivity index (χ2n) is 2.70. The second kappa shape index (κ2) is 4.22. The van der Waals surface area contributed by atoms with Crippen LogP contribution in [0.3, 0.4) is 0 Å². The van der Waals surface area contributed by atoms with E-state index < -0.39 is 0 Å². The van der Waals surface area contributed by atoms with E-state index in [1.807, 2.05) is 13.0 Å². The van der Waals surface area contributed by atoms with Crippen molar-refractivity contribution in [2.24, 2.45) is 0 Å². The molecule has 1 heterocycles. The van der Waals surface area contributed by atoms with Crippen molar-refractivity contribution < 1.29 is 0 Å². The van der Waals surface area contributed by atoms with Gasteiger partial charge in [-0.05, 0) is 33.5 Å². The zero-order chi connectivity index (χ0) is 8.97. The molecule has 1 unspecified atom stereocenters. The van der Waals surface area contributed by atoms with Crippen LogP contribution in [0.15, 0.2) is 22.9 Å². The van der Waals surface area contributed by atoms with Crippen LogP contribution < -0.4 is 0 Å². The molecule has 2 nitrogen and oxygen atoms in total. The van der Waals surface area contributed by atoms with Crippen LogP contribution in [-0.2, 0) is 0 Å². The minimum absolute atomic E-state index is 0.264. The second-order valence-corrected chi connectivity index (χ2v) is 3.62. The van der Waals surface area contributed by atoms with Crippen molar-refractivity contribution in [2.75, 3.05) is 0 Å². The van der Waals surface area contributed by atoms with Crippen molar-refractivity contribution in [3.63, 3.8) is 0 Å². The van der Waals surface area contributed by atoms with E-state index in [0.717, 1.165) is 10.0 Å². The number of hydrogen-bond acceptors (Lipinski definition) is 2. The molecule has 0 amide bonds. The van der Waals surface area contributed by atoms with Crippen molar-refractivity contribution in [2.45, 2.75) is 19.3 Å². The summed E-state index contributed by atoms with van der Waals surface area (Å²) < 4.78 is 0.963. The van der Waals surface area contributed by atoms with Gasteiger partial charge in [0.2, 0.25) is 0 Å². The Morgan fingerprint density at radius 2 is 2.42 bits per heavy atom. The summed E-state index contributed by atoms with van der Waals surface area (Å²) in [6.45, 7) is 2.02. The molecule has 3 heteroatoms. The van der Waals surface area contributed by atoms with Crippen LogP contribution in [0, 0.1) is 11.3 Å². The number of pyridine rings is 1. The summed E-state index contributed by atoms with van der Waals surface area (Å²) in [5.74, 6) is 0.264. The molecule has 0 N–H and O–H groups in total. The molecule has 0 aliphatic rings. The predicted octanol–water partition coefficient (Wildman–Crippen LogP) is 2.86. The van der Waals surface area contributed by atoms with Crippen molar-refractivity contribution in [3.8, 4) is 6.07 Å². The summed E-state index contributed by atoms with van der Waals surface area (Å²) in [5, 5.41) is 8.49. The minimum atomic E-state index is 0.264. The fraction of sp³-hybridized carbons (Fsp3) is 0.333. The summed E-state index contributed by atoms with van der Waals surface area (Å²) in [4.78, 5) is 4.03. The van der Waals surface area contributed by atoms with E-state index in [-0.39, 0.29) is 5.92 Å². The third kappa shape index (κ3) is 2.31. The Labute approximate surface area is 80.4 Å². The molecule has 1 aromatic heterocycles. The highest BCUT2D eigenvalue weighted by Gasteiger charge is 2.04. The zero-order valence-corrected chi connectivity index (χ0v) is 8.37. The maximum atomic E-state index is 8.49. The predicted molar refractivity (Wildman–Crippen MR) is 50.6 cm³/mol. The first-order valence-electron chi connectivity index (χ1n) is 3.71. The van der Waals surface area contributed by atoms with Crippen LogP contribution in [0.2, 0.25) is 0 Å². The standard InChI is InChI=1S/C9H9BrN2/c1-7(2-3-11)8-4-9(10)6-12-5-8/h4-7H,2H2,1H3. The lowest BCUT2D eigenvalue weighted by Gasteiger charge is -2.05. The summed E-state index contributed by atoms with van der Waals surface area (Å²) in [7, 11) is 0. The molecule has 1 aromatic rings. The molecule has 0 bridgehead atoms. The van der Waals surface area contributed by atoms with Crippen LogP contribution in [0.25, 0.3) is 0 Å². The molecule has 1 rings (SSSR count). The minimum Gasteiger partial charge on any atom is -0.263 e. The van der Waals surface area contributed by atoms with Gasteiger partial charge in [0, 0.05) is 23.3 Å². The van der Waals surface area contributed by atoms with Gasteiger partial charge in [-0.3, -0.25) is 4.98 Å². The Kier molecular flexibility index (Phi) is 3.24. The van der Waals surface area contributed by atoms with Crippen molar-refractivity contribution >= 4 is 15.9 Å². The van der Waals surface area contributed by atoms with Gasteiger partial charge in [0.15, 0.2) is 0 Å². The molecule has 0 aliphatic carbocycles. The summed E-state index contributed by atoms with van der Waals surface area (Å²) >= 11 is 3.34. The van der Waals surface area contributed by atoms with E-state index in [1.54, 1.807) is 12.4 Å². The normalized spacial score (nSPS) is 12.1. The first-order valence-corrected chi connectivity index (χ1v) is 4.50. The van der Waals surface area contributed by atoms with Gasteiger partial charge in [0.1, 0.15) is 0 Å². The molecule has 0 fully saturated rings. The molecule has 0 saturated heterocycles. The van der Waals surface area contributed by atoms with E-state index in [1.165, 1.54) is 0 Å². The van der Waals surface area contributed by atoms with Gasteiger partial charge in [-0.25, -0.2) is 0 Å². The maximum absolute atomic E-state index is 8.49. The van der Waals surface area contributed by atoms with Crippen LogP contribution in [0.5, 0.6) is 0 Å². The van der Waals surface area contributed by atoms with Crippen molar-refractivity contribution in [1.82, 2.24) is 4.98 Å². The zero-order valence-electron chi connectivity index (χ0n) is 6.79. The maximum Gasteiger partial charge on any atom is 0.0628 e.